The summed E-state index contributed by atoms with van der Waals surface area (Å²) in [6.07, 6.45) is 0.214. The van der Waals surface area contributed by atoms with E-state index in [1.165, 1.54) is 0 Å². The highest BCUT2D eigenvalue weighted by molar-refractivity contribution is 5.72. The zero-order chi connectivity index (χ0) is 25.7. The van der Waals surface area contributed by atoms with Crippen LogP contribution in [0.25, 0.3) is 11.1 Å². The van der Waals surface area contributed by atoms with E-state index < -0.39 is 11.4 Å². The maximum atomic E-state index is 11.6. The average molecular weight is 491 g/mol. The number of rotatable bonds is 10. The van der Waals surface area contributed by atoms with Crippen molar-refractivity contribution >= 4 is 0 Å². The second kappa shape index (κ2) is 11.1. The van der Waals surface area contributed by atoms with Crippen LogP contribution in [0.3, 0.4) is 0 Å². The molecule has 0 aliphatic carbocycles. The standard InChI is InChI=1S/C28H30N2O6/c1-18-15-24(34-14-13-19(2)31)11-12-25(18)26-6-4-5-22(20(26)3)17-35-23-9-7-21(8-10-23)16-30-27(32)29-28(33)36-30/h4-12,15,19,31H,13-14,16-17H2,1-3H3,(H,29,32,33)/t19-/m0/s1. The van der Waals surface area contributed by atoms with Gasteiger partial charge in [-0.05, 0) is 78.4 Å². The molecular weight excluding hydrogens is 460 g/mol. The normalized spacial score (nSPS) is 11.9. The molecule has 0 aliphatic heterocycles. The molecule has 2 N–H and O–H groups in total. The lowest BCUT2D eigenvalue weighted by molar-refractivity contribution is 0.155. The molecule has 0 bridgehead atoms. The number of benzene rings is 3. The van der Waals surface area contributed by atoms with E-state index in [1.807, 2.05) is 42.5 Å². The van der Waals surface area contributed by atoms with Gasteiger partial charge in [-0.1, -0.05) is 36.4 Å². The van der Waals surface area contributed by atoms with Gasteiger partial charge in [-0.2, -0.15) is 0 Å². The molecular formula is C28H30N2O6. The van der Waals surface area contributed by atoms with Crippen LogP contribution in [0, 0.1) is 13.8 Å². The molecule has 0 spiro atoms. The molecule has 0 saturated heterocycles. The van der Waals surface area contributed by atoms with Gasteiger partial charge >= 0.3 is 11.4 Å². The monoisotopic (exact) mass is 490 g/mol. The van der Waals surface area contributed by atoms with E-state index >= 15 is 0 Å². The highest BCUT2D eigenvalue weighted by Crippen LogP contribution is 2.31. The first-order valence-corrected chi connectivity index (χ1v) is 11.8. The second-order valence-electron chi connectivity index (χ2n) is 8.83. The minimum Gasteiger partial charge on any atom is -0.493 e. The van der Waals surface area contributed by atoms with E-state index in [0.29, 0.717) is 25.4 Å². The van der Waals surface area contributed by atoms with Gasteiger partial charge in [0.25, 0.3) is 0 Å². The van der Waals surface area contributed by atoms with Crippen LogP contribution >= 0.6 is 0 Å². The topological polar surface area (TPSA) is 107 Å². The molecule has 1 heterocycles. The molecule has 4 rings (SSSR count). The number of aliphatic hydroxyl groups excluding tert-OH is 1. The van der Waals surface area contributed by atoms with E-state index in [1.54, 1.807) is 6.92 Å². The van der Waals surface area contributed by atoms with Gasteiger partial charge in [0.2, 0.25) is 0 Å². The predicted octanol–water partition coefficient (Wildman–Crippen LogP) is 4.19. The Morgan fingerprint density at radius 2 is 1.72 bits per heavy atom. The molecule has 0 fully saturated rings. The maximum absolute atomic E-state index is 11.6. The highest BCUT2D eigenvalue weighted by atomic mass is 16.5. The minimum absolute atomic E-state index is 0.156. The van der Waals surface area contributed by atoms with Crippen LogP contribution in [0.5, 0.6) is 11.5 Å². The van der Waals surface area contributed by atoms with Gasteiger partial charge < -0.3 is 19.1 Å². The highest BCUT2D eigenvalue weighted by Gasteiger charge is 2.11. The van der Waals surface area contributed by atoms with Gasteiger partial charge in [0.1, 0.15) is 18.1 Å². The summed E-state index contributed by atoms with van der Waals surface area (Å²) in [5, 5.41) is 9.41. The van der Waals surface area contributed by atoms with Crippen LogP contribution in [0.4, 0.5) is 0 Å². The van der Waals surface area contributed by atoms with E-state index in [9.17, 15) is 14.7 Å². The lowest BCUT2D eigenvalue weighted by atomic mass is 9.93. The summed E-state index contributed by atoms with van der Waals surface area (Å²) in [5.41, 5.74) is 5.82. The van der Waals surface area contributed by atoms with E-state index in [2.05, 4.69) is 37.0 Å². The lowest BCUT2D eigenvalue weighted by Crippen LogP contribution is -2.17. The summed E-state index contributed by atoms with van der Waals surface area (Å²) < 4.78 is 17.6. The van der Waals surface area contributed by atoms with Gasteiger partial charge in [0, 0.05) is 6.42 Å². The summed E-state index contributed by atoms with van der Waals surface area (Å²) in [4.78, 5) is 24.8. The van der Waals surface area contributed by atoms with Crippen LogP contribution in [0.15, 0.2) is 74.8 Å². The summed E-state index contributed by atoms with van der Waals surface area (Å²) in [6.45, 7) is 6.94. The molecule has 36 heavy (non-hydrogen) atoms. The van der Waals surface area contributed by atoms with Crippen molar-refractivity contribution in [1.82, 2.24) is 9.72 Å². The lowest BCUT2D eigenvalue weighted by Gasteiger charge is -2.16. The number of hydrogen-bond acceptors (Lipinski definition) is 6. The summed E-state index contributed by atoms with van der Waals surface area (Å²) in [5.74, 6) is 0.715. The number of nitrogens with one attached hydrogen (secondary N) is 1. The number of aryl methyl sites for hydroxylation is 1. The van der Waals surface area contributed by atoms with Gasteiger partial charge in [-0.3, -0.25) is 0 Å². The first kappa shape index (κ1) is 25.1. The van der Waals surface area contributed by atoms with E-state index in [-0.39, 0.29) is 12.6 Å². The molecule has 1 atom stereocenters. The Balaban J connectivity index is 1.42. The number of nitrogens with zero attached hydrogens (tertiary/aromatic N) is 1. The van der Waals surface area contributed by atoms with Crippen molar-refractivity contribution < 1.29 is 19.1 Å². The van der Waals surface area contributed by atoms with Crippen LogP contribution < -0.4 is 20.9 Å². The van der Waals surface area contributed by atoms with Crippen molar-refractivity contribution in [3.8, 4) is 22.6 Å². The Labute approximate surface area is 208 Å². The van der Waals surface area contributed by atoms with Gasteiger partial charge in [-0.15, -0.1) is 4.74 Å². The third-order valence-electron chi connectivity index (χ3n) is 6.01. The maximum Gasteiger partial charge on any atom is 0.440 e. The van der Waals surface area contributed by atoms with E-state index in [0.717, 1.165) is 43.9 Å². The largest absolute Gasteiger partial charge is 0.493 e. The van der Waals surface area contributed by atoms with Crippen molar-refractivity contribution in [1.29, 1.82) is 0 Å². The summed E-state index contributed by atoms with van der Waals surface area (Å²) >= 11 is 0. The van der Waals surface area contributed by atoms with Crippen molar-refractivity contribution in [2.75, 3.05) is 6.61 Å². The Kier molecular flexibility index (Phi) is 7.75. The fourth-order valence-corrected chi connectivity index (χ4v) is 3.94. The quantitative estimate of drug-likeness (QED) is 0.345. The first-order valence-electron chi connectivity index (χ1n) is 11.8. The molecule has 0 aliphatic rings. The molecule has 8 nitrogen and oxygen atoms in total. The molecule has 4 aromatic rings. The number of aliphatic hydroxyl groups is 1. The molecule has 8 heteroatoms. The number of aromatic nitrogens is 2. The van der Waals surface area contributed by atoms with Crippen LogP contribution in [-0.2, 0) is 13.2 Å². The first-order chi connectivity index (χ1) is 17.3. The molecule has 188 valence electrons. The minimum atomic E-state index is -0.773. The van der Waals surface area contributed by atoms with E-state index in [4.69, 9.17) is 14.0 Å². The van der Waals surface area contributed by atoms with Crippen molar-refractivity contribution in [2.24, 2.45) is 0 Å². The average Bonchev–Trinajstić information content (AvgIpc) is 3.16. The molecule has 0 unspecified atom stereocenters. The molecule has 3 aromatic carbocycles. The zero-order valence-corrected chi connectivity index (χ0v) is 20.6. The smallest absolute Gasteiger partial charge is 0.440 e. The van der Waals surface area contributed by atoms with Crippen molar-refractivity contribution in [3.63, 3.8) is 0 Å². The Morgan fingerprint density at radius 1 is 0.972 bits per heavy atom. The van der Waals surface area contributed by atoms with Gasteiger partial charge in [-0.25, -0.2) is 14.6 Å². The van der Waals surface area contributed by atoms with Crippen LogP contribution in [0.2, 0.25) is 0 Å². The second-order valence-corrected chi connectivity index (χ2v) is 8.83. The molecule has 0 saturated carbocycles. The molecule has 0 amide bonds. The van der Waals surface area contributed by atoms with Crippen LogP contribution in [0.1, 0.15) is 35.6 Å². The Morgan fingerprint density at radius 3 is 2.39 bits per heavy atom. The third-order valence-corrected chi connectivity index (χ3v) is 6.01. The Hall–Kier alpha value is -4.04. The van der Waals surface area contributed by atoms with Gasteiger partial charge in [0.15, 0.2) is 0 Å². The zero-order valence-electron chi connectivity index (χ0n) is 20.6. The predicted molar refractivity (Wildman–Crippen MR) is 137 cm³/mol. The number of H-pyrrole nitrogens is 1. The fraction of sp³-hybridized carbons (Fsp3) is 0.286. The summed E-state index contributed by atoms with van der Waals surface area (Å²) in [6, 6.07) is 19.5. The SMILES string of the molecule is Cc1cc(OCC[C@H](C)O)ccc1-c1cccc(COc2ccc(Cn3oc(=O)[nH]c3=O)cc2)c1C. The fourth-order valence-electron chi connectivity index (χ4n) is 3.94. The Bertz CT molecular complexity index is 1430. The number of aromatic amines is 1. The van der Waals surface area contributed by atoms with Crippen molar-refractivity contribution in [3.05, 3.63) is 104 Å². The molecule has 0 radical (unpaired) electrons. The van der Waals surface area contributed by atoms with Crippen molar-refractivity contribution in [2.45, 2.75) is 46.4 Å². The third kappa shape index (κ3) is 6.14. The summed E-state index contributed by atoms with van der Waals surface area (Å²) in [7, 11) is 0. The number of ether oxygens (including phenoxy) is 2. The number of hydrogen-bond donors (Lipinski definition) is 2. The van der Waals surface area contributed by atoms with Crippen LogP contribution in [-0.4, -0.2) is 27.5 Å². The molecule has 1 aromatic heterocycles. The van der Waals surface area contributed by atoms with Gasteiger partial charge in [0.05, 0.1) is 19.3 Å².